The highest BCUT2D eigenvalue weighted by Crippen LogP contribution is 2.11. The van der Waals surface area contributed by atoms with Crippen LogP contribution in [0.15, 0.2) is 18.3 Å². The van der Waals surface area contributed by atoms with Crippen LogP contribution in [0.3, 0.4) is 0 Å². The first kappa shape index (κ1) is 12.9. The normalized spacial score (nSPS) is 10.6. The number of aliphatic hydroxyl groups excluding tert-OH is 1. The predicted octanol–water partition coefficient (Wildman–Crippen LogP) is 1.58. The molecule has 88 valence electrons. The first-order valence-electron chi connectivity index (χ1n) is 5.09. The number of hydrogen-bond donors (Lipinski definition) is 1. The van der Waals surface area contributed by atoms with Gasteiger partial charge in [0.1, 0.15) is 5.15 Å². The highest BCUT2D eigenvalue weighted by Gasteiger charge is 2.18. The van der Waals surface area contributed by atoms with Crippen LogP contribution in [0.5, 0.6) is 0 Å². The van der Waals surface area contributed by atoms with Crippen LogP contribution in [0, 0.1) is 0 Å². The van der Waals surface area contributed by atoms with Gasteiger partial charge in [0.05, 0.1) is 6.61 Å². The van der Waals surface area contributed by atoms with Crippen LogP contribution >= 0.6 is 11.6 Å². The number of aromatic nitrogens is 1. The van der Waals surface area contributed by atoms with E-state index in [0.29, 0.717) is 17.3 Å². The van der Waals surface area contributed by atoms with Gasteiger partial charge >= 0.3 is 0 Å². The highest BCUT2D eigenvalue weighted by molar-refractivity contribution is 6.29. The zero-order chi connectivity index (χ0) is 12.1. The summed E-state index contributed by atoms with van der Waals surface area (Å²) in [6, 6.07) is 3.17. The van der Waals surface area contributed by atoms with E-state index in [1.165, 1.54) is 12.3 Å². The van der Waals surface area contributed by atoms with Crippen molar-refractivity contribution < 1.29 is 9.90 Å². The lowest BCUT2D eigenvalue weighted by molar-refractivity contribution is 0.0665. The van der Waals surface area contributed by atoms with Crippen molar-refractivity contribution in [1.29, 1.82) is 0 Å². The Hall–Kier alpha value is -1.13. The predicted molar refractivity (Wildman–Crippen MR) is 62.5 cm³/mol. The largest absolute Gasteiger partial charge is 0.395 e. The summed E-state index contributed by atoms with van der Waals surface area (Å²) in [4.78, 5) is 17.5. The molecule has 1 rings (SSSR count). The van der Waals surface area contributed by atoms with Gasteiger partial charge in [-0.05, 0) is 26.0 Å². The fourth-order valence-corrected chi connectivity index (χ4v) is 1.58. The Balaban J connectivity index is 2.90. The Morgan fingerprint density at radius 3 is 2.81 bits per heavy atom. The second-order valence-corrected chi connectivity index (χ2v) is 4.07. The van der Waals surface area contributed by atoms with E-state index >= 15 is 0 Å². The second-order valence-electron chi connectivity index (χ2n) is 3.68. The van der Waals surface area contributed by atoms with Gasteiger partial charge in [-0.25, -0.2) is 4.98 Å². The Morgan fingerprint density at radius 2 is 2.31 bits per heavy atom. The quantitative estimate of drug-likeness (QED) is 0.816. The Bertz CT molecular complexity index is 369. The Morgan fingerprint density at radius 1 is 1.62 bits per heavy atom. The molecule has 16 heavy (non-hydrogen) atoms. The number of nitrogens with zero attached hydrogens (tertiary/aromatic N) is 2. The zero-order valence-corrected chi connectivity index (χ0v) is 10.1. The minimum absolute atomic E-state index is 0.0339. The molecule has 1 amide bonds. The number of amides is 1. The molecule has 0 aliphatic carbocycles. The van der Waals surface area contributed by atoms with Crippen molar-refractivity contribution in [1.82, 2.24) is 9.88 Å². The second kappa shape index (κ2) is 5.82. The van der Waals surface area contributed by atoms with Gasteiger partial charge in [0.15, 0.2) is 0 Å². The Labute approximate surface area is 99.9 Å². The zero-order valence-electron chi connectivity index (χ0n) is 9.35. The molecule has 0 aliphatic heterocycles. The molecule has 0 radical (unpaired) electrons. The number of carbonyl (C=O) groups is 1. The SMILES string of the molecule is CC(C)N(CCO)C(=O)c1ccnc(Cl)c1. The van der Waals surface area contributed by atoms with Crippen LogP contribution in [0.4, 0.5) is 0 Å². The minimum atomic E-state index is -0.145. The number of carbonyl (C=O) groups excluding carboxylic acids is 1. The molecular formula is C11H15ClN2O2. The lowest BCUT2D eigenvalue weighted by Crippen LogP contribution is -2.39. The van der Waals surface area contributed by atoms with Crippen molar-refractivity contribution in [2.75, 3.05) is 13.2 Å². The molecule has 0 saturated heterocycles. The molecule has 0 atom stereocenters. The van der Waals surface area contributed by atoms with Crippen molar-refractivity contribution in [3.8, 4) is 0 Å². The van der Waals surface area contributed by atoms with Gasteiger partial charge in [-0.2, -0.15) is 0 Å². The third kappa shape index (κ3) is 3.18. The van der Waals surface area contributed by atoms with Crippen LogP contribution in [0.25, 0.3) is 0 Å². The van der Waals surface area contributed by atoms with Gasteiger partial charge in [-0.1, -0.05) is 11.6 Å². The average molecular weight is 243 g/mol. The molecule has 0 unspecified atom stereocenters. The minimum Gasteiger partial charge on any atom is -0.395 e. The lowest BCUT2D eigenvalue weighted by Gasteiger charge is -2.25. The average Bonchev–Trinajstić information content (AvgIpc) is 2.24. The molecule has 0 fully saturated rings. The Kier molecular flexibility index (Phi) is 4.71. The van der Waals surface area contributed by atoms with Crippen molar-refractivity contribution in [2.24, 2.45) is 0 Å². The number of hydrogen-bond acceptors (Lipinski definition) is 3. The molecule has 0 aliphatic rings. The third-order valence-electron chi connectivity index (χ3n) is 2.20. The van der Waals surface area contributed by atoms with E-state index in [0.717, 1.165) is 0 Å². The van der Waals surface area contributed by atoms with Crippen LogP contribution < -0.4 is 0 Å². The van der Waals surface area contributed by atoms with Gasteiger partial charge in [0, 0.05) is 24.3 Å². The summed E-state index contributed by atoms with van der Waals surface area (Å²) >= 11 is 5.72. The maximum Gasteiger partial charge on any atom is 0.254 e. The van der Waals surface area contributed by atoms with Gasteiger partial charge < -0.3 is 10.0 Å². The third-order valence-corrected chi connectivity index (χ3v) is 2.41. The number of rotatable bonds is 4. The van der Waals surface area contributed by atoms with E-state index in [2.05, 4.69) is 4.98 Å². The van der Waals surface area contributed by atoms with Gasteiger partial charge in [-0.3, -0.25) is 4.79 Å². The molecule has 0 saturated carbocycles. The van der Waals surface area contributed by atoms with Crippen molar-refractivity contribution >= 4 is 17.5 Å². The van der Waals surface area contributed by atoms with E-state index < -0.39 is 0 Å². The van der Waals surface area contributed by atoms with E-state index in [4.69, 9.17) is 16.7 Å². The fraction of sp³-hybridized carbons (Fsp3) is 0.455. The smallest absolute Gasteiger partial charge is 0.254 e. The maximum absolute atomic E-state index is 12.1. The fourth-order valence-electron chi connectivity index (χ4n) is 1.40. The summed E-state index contributed by atoms with van der Waals surface area (Å²) in [7, 11) is 0. The molecule has 1 aromatic rings. The summed E-state index contributed by atoms with van der Waals surface area (Å²) in [5.74, 6) is -0.145. The van der Waals surface area contributed by atoms with Crippen molar-refractivity contribution in [2.45, 2.75) is 19.9 Å². The molecule has 0 aromatic carbocycles. The maximum atomic E-state index is 12.1. The van der Waals surface area contributed by atoms with Gasteiger partial charge in [-0.15, -0.1) is 0 Å². The number of aliphatic hydroxyl groups is 1. The molecule has 4 nitrogen and oxygen atoms in total. The van der Waals surface area contributed by atoms with Crippen LogP contribution in [-0.2, 0) is 0 Å². The first-order valence-corrected chi connectivity index (χ1v) is 5.47. The van der Waals surface area contributed by atoms with E-state index in [1.807, 2.05) is 13.8 Å². The van der Waals surface area contributed by atoms with Crippen LogP contribution in [0.2, 0.25) is 5.15 Å². The summed E-state index contributed by atoms with van der Waals surface area (Å²) < 4.78 is 0. The molecular weight excluding hydrogens is 228 g/mol. The monoisotopic (exact) mass is 242 g/mol. The summed E-state index contributed by atoms with van der Waals surface area (Å²) in [5.41, 5.74) is 0.488. The van der Waals surface area contributed by atoms with Gasteiger partial charge in [0.2, 0.25) is 0 Å². The molecule has 0 spiro atoms. The summed E-state index contributed by atoms with van der Waals surface area (Å²) in [6.07, 6.45) is 1.49. The van der Waals surface area contributed by atoms with E-state index in [-0.39, 0.29) is 18.6 Å². The number of pyridine rings is 1. The molecule has 0 bridgehead atoms. The molecule has 1 N–H and O–H groups in total. The van der Waals surface area contributed by atoms with E-state index in [9.17, 15) is 4.79 Å². The molecule has 1 heterocycles. The highest BCUT2D eigenvalue weighted by atomic mass is 35.5. The van der Waals surface area contributed by atoms with Crippen molar-refractivity contribution in [3.63, 3.8) is 0 Å². The van der Waals surface area contributed by atoms with Crippen molar-refractivity contribution in [3.05, 3.63) is 29.0 Å². The number of halogens is 1. The summed E-state index contributed by atoms with van der Waals surface area (Å²) in [5, 5.41) is 9.19. The molecule has 1 aromatic heterocycles. The standard InChI is InChI=1S/C11H15ClN2O2/c1-8(2)14(5-6-15)11(16)9-3-4-13-10(12)7-9/h3-4,7-8,15H,5-6H2,1-2H3. The molecule has 5 heteroatoms. The van der Waals surface area contributed by atoms with E-state index in [1.54, 1.807) is 11.0 Å². The van der Waals surface area contributed by atoms with Gasteiger partial charge in [0.25, 0.3) is 5.91 Å². The lowest BCUT2D eigenvalue weighted by atomic mass is 10.2. The van der Waals surface area contributed by atoms with Crippen LogP contribution in [0.1, 0.15) is 24.2 Å². The van der Waals surface area contributed by atoms with Crippen LogP contribution in [-0.4, -0.2) is 40.1 Å². The first-order chi connectivity index (χ1) is 7.56. The summed E-state index contributed by atoms with van der Waals surface area (Å²) in [6.45, 7) is 4.06. The topological polar surface area (TPSA) is 53.4 Å².